The predicted molar refractivity (Wildman–Crippen MR) is 106 cm³/mol. The molecule has 3 N–H and O–H groups in total. The Morgan fingerprint density at radius 2 is 1.61 bits per heavy atom. The lowest BCUT2D eigenvalue weighted by atomic mass is 10.2. The second-order valence-corrected chi connectivity index (χ2v) is 7.63. The number of aromatic hydroxyl groups is 1. The van der Waals surface area contributed by atoms with Crippen molar-refractivity contribution in [2.75, 3.05) is 25.0 Å². The monoisotopic (exact) mass is 405 g/mol. The average Bonchev–Trinajstić information content (AvgIpc) is 2.69. The topological polar surface area (TPSA) is 116 Å². The zero-order valence-corrected chi connectivity index (χ0v) is 16.5. The van der Waals surface area contributed by atoms with Crippen molar-refractivity contribution >= 4 is 27.5 Å². The van der Waals surface area contributed by atoms with Crippen molar-refractivity contribution in [2.45, 2.75) is 18.7 Å². The van der Waals surface area contributed by atoms with Crippen molar-refractivity contribution in [2.24, 2.45) is 0 Å². The van der Waals surface area contributed by atoms with Crippen LogP contribution in [0.2, 0.25) is 0 Å². The molecule has 28 heavy (non-hydrogen) atoms. The quantitative estimate of drug-likeness (QED) is 0.579. The molecule has 0 heterocycles. The van der Waals surface area contributed by atoms with Gasteiger partial charge >= 0.3 is 0 Å². The van der Waals surface area contributed by atoms with Crippen LogP contribution in [0.15, 0.2) is 53.4 Å². The van der Waals surface area contributed by atoms with Gasteiger partial charge in [0.1, 0.15) is 5.75 Å². The number of benzene rings is 2. The van der Waals surface area contributed by atoms with Gasteiger partial charge in [-0.2, -0.15) is 0 Å². The Hall–Kier alpha value is -2.91. The van der Waals surface area contributed by atoms with E-state index in [0.29, 0.717) is 18.8 Å². The summed E-state index contributed by atoms with van der Waals surface area (Å²) >= 11 is 0. The number of anilines is 1. The van der Waals surface area contributed by atoms with Gasteiger partial charge in [0.15, 0.2) is 0 Å². The van der Waals surface area contributed by atoms with Crippen molar-refractivity contribution < 1.29 is 23.1 Å². The number of phenolic OH excluding ortho intramolecular Hbond substituents is 1. The first-order valence-electron chi connectivity index (χ1n) is 8.75. The van der Waals surface area contributed by atoms with Gasteiger partial charge in [-0.3, -0.25) is 9.59 Å². The molecule has 0 aliphatic heterocycles. The number of rotatable bonds is 8. The summed E-state index contributed by atoms with van der Waals surface area (Å²) in [5.74, 6) is -0.922. The van der Waals surface area contributed by atoms with Crippen LogP contribution < -0.4 is 10.0 Å². The summed E-state index contributed by atoms with van der Waals surface area (Å²) in [4.78, 5) is 26.0. The van der Waals surface area contributed by atoms with Crippen molar-refractivity contribution in [3.63, 3.8) is 0 Å². The van der Waals surface area contributed by atoms with Crippen LogP contribution in [0.3, 0.4) is 0 Å². The standard InChI is InChI=1S/C19H23N3O5S/c1-3-22(4-2)19(25)16-7-5-6-8-17(16)28(26,27)20-13-18(24)21-14-9-11-15(23)12-10-14/h5-12,20,23H,3-4,13H2,1-2H3,(H,21,24). The van der Waals surface area contributed by atoms with Crippen LogP contribution in [0.5, 0.6) is 5.75 Å². The Morgan fingerprint density at radius 1 is 1.00 bits per heavy atom. The SMILES string of the molecule is CCN(CC)C(=O)c1ccccc1S(=O)(=O)NCC(=O)Nc1ccc(O)cc1. The van der Waals surface area contributed by atoms with E-state index in [-0.39, 0.29) is 22.1 Å². The third-order valence-corrected chi connectivity index (χ3v) is 5.49. The highest BCUT2D eigenvalue weighted by Crippen LogP contribution is 2.18. The molecule has 0 aliphatic carbocycles. The van der Waals surface area contributed by atoms with Crippen molar-refractivity contribution in [3.05, 3.63) is 54.1 Å². The van der Waals surface area contributed by atoms with Gasteiger partial charge in [-0.1, -0.05) is 12.1 Å². The molecule has 8 nitrogen and oxygen atoms in total. The van der Waals surface area contributed by atoms with Crippen LogP contribution in [0.25, 0.3) is 0 Å². The summed E-state index contributed by atoms with van der Waals surface area (Å²) in [7, 11) is -4.08. The minimum atomic E-state index is -4.08. The number of carbonyl (C=O) groups excluding carboxylic acids is 2. The molecule has 0 radical (unpaired) electrons. The molecule has 0 bridgehead atoms. The Morgan fingerprint density at radius 3 is 2.21 bits per heavy atom. The Balaban J connectivity index is 2.13. The second-order valence-electron chi connectivity index (χ2n) is 5.89. The highest BCUT2D eigenvalue weighted by atomic mass is 32.2. The number of amides is 2. The fourth-order valence-electron chi connectivity index (χ4n) is 2.55. The molecule has 2 aromatic rings. The first-order chi connectivity index (χ1) is 13.3. The molecular formula is C19H23N3O5S. The zero-order chi connectivity index (χ0) is 20.7. The van der Waals surface area contributed by atoms with E-state index in [2.05, 4.69) is 10.0 Å². The summed E-state index contributed by atoms with van der Waals surface area (Å²) in [6.07, 6.45) is 0. The summed E-state index contributed by atoms with van der Waals surface area (Å²) < 4.78 is 27.5. The Bertz CT molecular complexity index is 938. The van der Waals surface area contributed by atoms with E-state index in [1.54, 1.807) is 6.07 Å². The van der Waals surface area contributed by atoms with Crippen LogP contribution in [0.1, 0.15) is 24.2 Å². The number of nitrogens with zero attached hydrogens (tertiary/aromatic N) is 1. The molecule has 0 saturated heterocycles. The number of sulfonamides is 1. The highest BCUT2D eigenvalue weighted by Gasteiger charge is 2.24. The third-order valence-electron chi connectivity index (χ3n) is 4.03. The molecule has 0 aromatic heterocycles. The number of nitrogens with one attached hydrogen (secondary N) is 2. The number of phenols is 1. The summed E-state index contributed by atoms with van der Waals surface area (Å²) in [5, 5.41) is 11.8. The number of carbonyl (C=O) groups is 2. The Kier molecular flexibility index (Phi) is 7.13. The van der Waals surface area contributed by atoms with Crippen LogP contribution in [-0.2, 0) is 14.8 Å². The van der Waals surface area contributed by atoms with Gasteiger partial charge in [-0.05, 0) is 50.2 Å². The van der Waals surface area contributed by atoms with Crippen molar-refractivity contribution in [1.29, 1.82) is 0 Å². The van der Waals surface area contributed by atoms with E-state index in [0.717, 1.165) is 0 Å². The first-order valence-corrected chi connectivity index (χ1v) is 10.2. The molecule has 0 saturated carbocycles. The van der Waals surface area contributed by atoms with Gasteiger partial charge < -0.3 is 15.3 Å². The van der Waals surface area contributed by atoms with Gasteiger partial charge in [-0.15, -0.1) is 0 Å². The molecule has 2 amide bonds. The molecule has 9 heteroatoms. The largest absolute Gasteiger partial charge is 0.508 e. The molecule has 2 aromatic carbocycles. The van der Waals surface area contributed by atoms with E-state index in [4.69, 9.17) is 0 Å². The fraction of sp³-hybridized carbons (Fsp3) is 0.263. The average molecular weight is 405 g/mol. The summed E-state index contributed by atoms with van der Waals surface area (Å²) in [6.45, 7) is 4.02. The van der Waals surface area contributed by atoms with Crippen molar-refractivity contribution in [3.8, 4) is 5.75 Å². The lowest BCUT2D eigenvalue weighted by Crippen LogP contribution is -2.35. The molecule has 0 unspecified atom stereocenters. The van der Waals surface area contributed by atoms with E-state index in [9.17, 15) is 23.1 Å². The number of hydrogen-bond donors (Lipinski definition) is 3. The van der Waals surface area contributed by atoms with Crippen LogP contribution in [0.4, 0.5) is 5.69 Å². The summed E-state index contributed by atoms with van der Waals surface area (Å²) in [6, 6.07) is 11.7. The molecule has 150 valence electrons. The minimum absolute atomic E-state index is 0.0492. The third kappa shape index (κ3) is 5.30. The second kappa shape index (κ2) is 9.34. The number of hydrogen-bond acceptors (Lipinski definition) is 5. The van der Waals surface area contributed by atoms with Crippen LogP contribution in [-0.4, -0.2) is 49.9 Å². The molecule has 0 spiro atoms. The van der Waals surface area contributed by atoms with Gasteiger partial charge in [-0.25, -0.2) is 13.1 Å². The first kappa shape index (κ1) is 21.4. The molecule has 2 rings (SSSR count). The predicted octanol–water partition coefficient (Wildman–Crippen LogP) is 1.79. The van der Waals surface area contributed by atoms with E-state index in [1.807, 2.05) is 13.8 Å². The van der Waals surface area contributed by atoms with E-state index >= 15 is 0 Å². The van der Waals surface area contributed by atoms with Gasteiger partial charge in [0.25, 0.3) is 5.91 Å². The maximum Gasteiger partial charge on any atom is 0.255 e. The van der Waals surface area contributed by atoms with E-state index in [1.165, 1.54) is 47.4 Å². The lowest BCUT2D eigenvalue weighted by molar-refractivity contribution is -0.115. The zero-order valence-electron chi connectivity index (χ0n) is 15.7. The molecule has 0 aliphatic rings. The van der Waals surface area contributed by atoms with Gasteiger partial charge in [0.2, 0.25) is 15.9 Å². The molecule has 0 fully saturated rings. The highest BCUT2D eigenvalue weighted by molar-refractivity contribution is 7.89. The molecular weight excluding hydrogens is 382 g/mol. The summed E-state index contributed by atoms with van der Waals surface area (Å²) in [5.41, 5.74) is 0.469. The minimum Gasteiger partial charge on any atom is -0.508 e. The maximum atomic E-state index is 12.7. The van der Waals surface area contributed by atoms with E-state index < -0.39 is 22.5 Å². The van der Waals surface area contributed by atoms with Gasteiger partial charge in [0.05, 0.1) is 17.0 Å². The molecule has 0 atom stereocenters. The van der Waals surface area contributed by atoms with Crippen LogP contribution in [0, 0.1) is 0 Å². The van der Waals surface area contributed by atoms with Crippen LogP contribution >= 0.6 is 0 Å². The Labute approximate surface area is 164 Å². The lowest BCUT2D eigenvalue weighted by Gasteiger charge is -2.20. The fourth-order valence-corrected chi connectivity index (χ4v) is 3.73. The van der Waals surface area contributed by atoms with Crippen molar-refractivity contribution in [1.82, 2.24) is 9.62 Å². The van der Waals surface area contributed by atoms with Gasteiger partial charge in [0, 0.05) is 18.8 Å². The maximum absolute atomic E-state index is 12.7. The normalized spacial score (nSPS) is 11.1. The smallest absolute Gasteiger partial charge is 0.255 e.